The summed E-state index contributed by atoms with van der Waals surface area (Å²) in [7, 11) is 0. The molecular weight excluding hydrogens is 336 g/mol. The van der Waals surface area contributed by atoms with Crippen molar-refractivity contribution in [3.63, 3.8) is 0 Å². The first-order valence-corrected chi connectivity index (χ1v) is 9.66. The smallest absolute Gasteiger partial charge is 0.255 e. The Morgan fingerprint density at radius 3 is 1.85 bits per heavy atom. The van der Waals surface area contributed by atoms with E-state index in [-0.39, 0.29) is 23.1 Å². The third-order valence-electron chi connectivity index (χ3n) is 5.15. The zero-order chi connectivity index (χ0) is 19.4. The van der Waals surface area contributed by atoms with Crippen LogP contribution in [0.2, 0.25) is 0 Å². The van der Waals surface area contributed by atoms with Gasteiger partial charge in [-0.25, -0.2) is 0 Å². The highest BCUT2D eigenvalue weighted by Gasteiger charge is 2.22. The first kappa shape index (κ1) is 19.2. The van der Waals surface area contributed by atoms with Crippen molar-refractivity contribution < 1.29 is 9.59 Å². The van der Waals surface area contributed by atoms with Gasteiger partial charge in [0.05, 0.1) is 0 Å². The Bertz CT molecular complexity index is 796. The van der Waals surface area contributed by atoms with E-state index in [9.17, 15) is 9.59 Å². The Balaban J connectivity index is 1.59. The van der Waals surface area contributed by atoms with E-state index in [1.54, 1.807) is 0 Å². The van der Waals surface area contributed by atoms with E-state index in [0.29, 0.717) is 11.3 Å². The van der Waals surface area contributed by atoms with E-state index in [4.69, 9.17) is 0 Å². The molecule has 2 N–H and O–H groups in total. The van der Waals surface area contributed by atoms with Gasteiger partial charge in [0, 0.05) is 22.9 Å². The fourth-order valence-corrected chi connectivity index (χ4v) is 3.39. The number of benzene rings is 2. The molecule has 27 heavy (non-hydrogen) atoms. The number of rotatable bonds is 4. The molecule has 0 heterocycles. The van der Waals surface area contributed by atoms with Crippen molar-refractivity contribution in [2.45, 2.75) is 51.9 Å². The molecular formula is C23H28N2O2. The van der Waals surface area contributed by atoms with Gasteiger partial charge in [-0.1, -0.05) is 45.7 Å². The van der Waals surface area contributed by atoms with Crippen LogP contribution < -0.4 is 10.6 Å². The van der Waals surface area contributed by atoms with Crippen LogP contribution in [0.3, 0.4) is 0 Å². The summed E-state index contributed by atoms with van der Waals surface area (Å²) in [6.07, 6.45) is 4.24. The molecule has 1 fully saturated rings. The second-order valence-corrected chi connectivity index (χ2v) is 8.33. The van der Waals surface area contributed by atoms with Crippen molar-refractivity contribution in [2.75, 3.05) is 10.6 Å². The maximum absolute atomic E-state index is 12.4. The van der Waals surface area contributed by atoms with Gasteiger partial charge in [-0.15, -0.1) is 0 Å². The van der Waals surface area contributed by atoms with E-state index in [1.165, 1.54) is 5.56 Å². The first-order valence-electron chi connectivity index (χ1n) is 9.66. The molecule has 0 unspecified atom stereocenters. The molecule has 1 aliphatic carbocycles. The lowest BCUT2D eigenvalue weighted by Gasteiger charge is -2.19. The number of carbonyl (C=O) groups excluding carboxylic acids is 2. The highest BCUT2D eigenvalue weighted by Crippen LogP contribution is 2.26. The van der Waals surface area contributed by atoms with Crippen LogP contribution in [0.1, 0.15) is 62.4 Å². The predicted octanol–water partition coefficient (Wildman–Crippen LogP) is 5.37. The molecule has 0 bridgehead atoms. The first-order chi connectivity index (χ1) is 12.8. The molecule has 1 aliphatic rings. The van der Waals surface area contributed by atoms with Gasteiger partial charge in [-0.2, -0.15) is 0 Å². The normalized spacial score (nSPS) is 14.8. The quantitative estimate of drug-likeness (QED) is 0.767. The second-order valence-electron chi connectivity index (χ2n) is 8.33. The van der Waals surface area contributed by atoms with Gasteiger partial charge < -0.3 is 10.6 Å². The van der Waals surface area contributed by atoms with Crippen LogP contribution in [0.5, 0.6) is 0 Å². The Hall–Kier alpha value is -2.62. The maximum Gasteiger partial charge on any atom is 0.255 e. The fourth-order valence-electron chi connectivity index (χ4n) is 3.39. The number of anilines is 2. The SMILES string of the molecule is CC(C)(C)c1ccc(C(=O)Nc2ccc(NC(=O)C3CCCC3)cc2)cc1. The average Bonchev–Trinajstić information content (AvgIpc) is 3.17. The highest BCUT2D eigenvalue weighted by molar-refractivity contribution is 6.04. The van der Waals surface area contributed by atoms with Gasteiger partial charge in [-0.3, -0.25) is 9.59 Å². The van der Waals surface area contributed by atoms with Gasteiger partial charge in [0.15, 0.2) is 0 Å². The van der Waals surface area contributed by atoms with E-state index in [1.807, 2.05) is 48.5 Å². The molecule has 2 aromatic rings. The fraction of sp³-hybridized carbons (Fsp3) is 0.391. The molecule has 2 aromatic carbocycles. The van der Waals surface area contributed by atoms with Gasteiger partial charge in [-0.05, 0) is 60.2 Å². The van der Waals surface area contributed by atoms with Crippen molar-refractivity contribution in [3.8, 4) is 0 Å². The monoisotopic (exact) mass is 364 g/mol. The number of hydrogen-bond acceptors (Lipinski definition) is 2. The highest BCUT2D eigenvalue weighted by atomic mass is 16.2. The second kappa shape index (κ2) is 7.95. The van der Waals surface area contributed by atoms with Gasteiger partial charge in [0.2, 0.25) is 5.91 Å². The average molecular weight is 364 g/mol. The van der Waals surface area contributed by atoms with E-state index < -0.39 is 0 Å². The van der Waals surface area contributed by atoms with Crippen molar-refractivity contribution in [2.24, 2.45) is 5.92 Å². The summed E-state index contributed by atoms with van der Waals surface area (Å²) in [6.45, 7) is 6.44. The van der Waals surface area contributed by atoms with E-state index >= 15 is 0 Å². The molecule has 0 saturated heterocycles. The summed E-state index contributed by atoms with van der Waals surface area (Å²) in [6, 6.07) is 15.0. The lowest BCUT2D eigenvalue weighted by molar-refractivity contribution is -0.119. The summed E-state index contributed by atoms with van der Waals surface area (Å²) in [5.41, 5.74) is 3.36. The molecule has 4 nitrogen and oxygen atoms in total. The minimum Gasteiger partial charge on any atom is -0.326 e. The molecule has 142 valence electrons. The lowest BCUT2D eigenvalue weighted by Crippen LogP contribution is -2.20. The Labute approximate surface area is 161 Å². The summed E-state index contributed by atoms with van der Waals surface area (Å²) in [5.74, 6) is 0.0990. The molecule has 0 radical (unpaired) electrons. The predicted molar refractivity (Wildman–Crippen MR) is 110 cm³/mol. The van der Waals surface area contributed by atoms with Crippen LogP contribution in [-0.4, -0.2) is 11.8 Å². The van der Waals surface area contributed by atoms with E-state index in [0.717, 1.165) is 31.4 Å². The maximum atomic E-state index is 12.4. The minimum absolute atomic E-state index is 0.0633. The molecule has 4 heteroatoms. The Morgan fingerprint density at radius 2 is 1.33 bits per heavy atom. The zero-order valence-electron chi connectivity index (χ0n) is 16.3. The number of nitrogens with one attached hydrogen (secondary N) is 2. The van der Waals surface area contributed by atoms with E-state index in [2.05, 4.69) is 31.4 Å². The summed E-state index contributed by atoms with van der Waals surface area (Å²) >= 11 is 0. The zero-order valence-corrected chi connectivity index (χ0v) is 16.3. The van der Waals surface area contributed by atoms with Crippen LogP contribution in [-0.2, 0) is 10.2 Å². The number of hydrogen-bond donors (Lipinski definition) is 2. The molecule has 1 saturated carbocycles. The third kappa shape index (κ3) is 4.97. The summed E-state index contributed by atoms with van der Waals surface area (Å²) in [5, 5.41) is 5.87. The van der Waals surface area contributed by atoms with Crippen LogP contribution in [0.25, 0.3) is 0 Å². The number of amides is 2. The van der Waals surface area contributed by atoms with Crippen LogP contribution in [0, 0.1) is 5.92 Å². The molecule has 0 atom stereocenters. The summed E-state index contributed by atoms with van der Waals surface area (Å²) < 4.78 is 0. The molecule has 0 aromatic heterocycles. The Kier molecular flexibility index (Phi) is 5.64. The van der Waals surface area contributed by atoms with Crippen LogP contribution >= 0.6 is 0 Å². The van der Waals surface area contributed by atoms with Gasteiger partial charge >= 0.3 is 0 Å². The van der Waals surface area contributed by atoms with Crippen molar-refractivity contribution in [1.29, 1.82) is 0 Å². The van der Waals surface area contributed by atoms with Gasteiger partial charge in [0.1, 0.15) is 0 Å². The minimum atomic E-state index is -0.141. The number of carbonyl (C=O) groups is 2. The Morgan fingerprint density at radius 1 is 0.815 bits per heavy atom. The molecule has 0 aliphatic heterocycles. The summed E-state index contributed by atoms with van der Waals surface area (Å²) in [4.78, 5) is 24.6. The molecule has 0 spiro atoms. The van der Waals surface area contributed by atoms with Crippen molar-refractivity contribution in [3.05, 3.63) is 59.7 Å². The topological polar surface area (TPSA) is 58.2 Å². The molecule has 3 rings (SSSR count). The molecule has 2 amide bonds. The van der Waals surface area contributed by atoms with Crippen LogP contribution in [0.15, 0.2) is 48.5 Å². The van der Waals surface area contributed by atoms with Gasteiger partial charge in [0.25, 0.3) is 5.91 Å². The van der Waals surface area contributed by atoms with Crippen molar-refractivity contribution >= 4 is 23.2 Å². The lowest BCUT2D eigenvalue weighted by atomic mass is 9.87. The standard InChI is InChI=1S/C23H28N2O2/c1-23(2,3)18-10-8-17(9-11-18)22(27)25-20-14-12-19(13-15-20)24-21(26)16-6-4-5-7-16/h8-16H,4-7H2,1-3H3,(H,24,26)(H,25,27). The van der Waals surface area contributed by atoms with Crippen LogP contribution in [0.4, 0.5) is 11.4 Å². The third-order valence-corrected chi connectivity index (χ3v) is 5.15. The largest absolute Gasteiger partial charge is 0.326 e. The van der Waals surface area contributed by atoms with Crippen molar-refractivity contribution in [1.82, 2.24) is 0 Å².